The van der Waals surface area contributed by atoms with E-state index >= 15 is 0 Å². The lowest BCUT2D eigenvalue weighted by Crippen LogP contribution is -1.87. The van der Waals surface area contributed by atoms with Gasteiger partial charge in [0.05, 0.1) is 6.61 Å². The van der Waals surface area contributed by atoms with Crippen LogP contribution in [0.5, 0.6) is 0 Å². The van der Waals surface area contributed by atoms with Crippen molar-refractivity contribution >= 4 is 15.9 Å². The molecular weight excluding hydrogens is 194 g/mol. The van der Waals surface area contributed by atoms with E-state index in [0.29, 0.717) is 0 Å². The zero-order valence-electron chi connectivity index (χ0n) is 5.63. The molecule has 10 heavy (non-hydrogen) atoms. The van der Waals surface area contributed by atoms with Crippen LogP contribution in [0.2, 0.25) is 0 Å². The van der Waals surface area contributed by atoms with Gasteiger partial charge in [0.15, 0.2) is 0 Å². The number of aryl methyl sites for hydroxylation is 1. The van der Waals surface area contributed by atoms with Crippen molar-refractivity contribution < 1.29 is 5.11 Å². The summed E-state index contributed by atoms with van der Waals surface area (Å²) in [5.74, 6) is 0. The van der Waals surface area contributed by atoms with E-state index in [1.54, 1.807) is 6.20 Å². The second-order valence-corrected chi connectivity index (χ2v) is 2.86. The molecular formula is C7H8BrNO. The molecule has 2 nitrogen and oxygen atoms in total. The summed E-state index contributed by atoms with van der Waals surface area (Å²) in [5, 5.41) is 8.70. The molecule has 3 heteroatoms. The van der Waals surface area contributed by atoms with Crippen LogP contribution in [0.3, 0.4) is 0 Å². The van der Waals surface area contributed by atoms with Gasteiger partial charge in [-0.1, -0.05) is 0 Å². The molecule has 0 fully saturated rings. The van der Waals surface area contributed by atoms with Gasteiger partial charge in [0, 0.05) is 6.20 Å². The molecule has 0 saturated heterocycles. The molecule has 0 radical (unpaired) electrons. The molecule has 0 saturated carbocycles. The Morgan fingerprint density at radius 1 is 1.70 bits per heavy atom. The number of rotatable bonds is 1. The molecule has 0 bridgehead atoms. The summed E-state index contributed by atoms with van der Waals surface area (Å²) in [6.45, 7) is 2.00. The Balaban J connectivity index is 3.04. The van der Waals surface area contributed by atoms with Crippen LogP contribution < -0.4 is 0 Å². The highest BCUT2D eigenvalue weighted by molar-refractivity contribution is 9.10. The number of hydrogen-bond acceptors (Lipinski definition) is 2. The Hall–Kier alpha value is -0.410. The van der Waals surface area contributed by atoms with Gasteiger partial charge >= 0.3 is 0 Å². The summed E-state index contributed by atoms with van der Waals surface area (Å²) < 4.78 is 0.838. The molecule has 54 valence electrons. The van der Waals surface area contributed by atoms with Crippen LogP contribution in [0.1, 0.15) is 11.1 Å². The van der Waals surface area contributed by atoms with Gasteiger partial charge in [0.2, 0.25) is 0 Å². The van der Waals surface area contributed by atoms with Crippen LogP contribution in [0, 0.1) is 6.92 Å². The second-order valence-electron chi connectivity index (χ2n) is 2.11. The number of aliphatic hydroxyl groups is 1. The minimum Gasteiger partial charge on any atom is -0.392 e. The molecule has 1 rings (SSSR count). The van der Waals surface area contributed by atoms with Crippen LogP contribution in [-0.2, 0) is 6.61 Å². The molecule has 0 unspecified atom stereocenters. The quantitative estimate of drug-likeness (QED) is 0.702. The number of aliphatic hydroxyl groups excluding tert-OH is 1. The number of halogens is 1. The van der Waals surface area contributed by atoms with E-state index in [0.717, 1.165) is 15.7 Å². The van der Waals surface area contributed by atoms with Crippen LogP contribution in [0.15, 0.2) is 16.9 Å². The smallest absolute Gasteiger partial charge is 0.108 e. The highest BCUT2D eigenvalue weighted by Crippen LogP contribution is 2.12. The predicted octanol–water partition coefficient (Wildman–Crippen LogP) is 1.64. The number of aromatic nitrogens is 1. The maximum atomic E-state index is 8.70. The Morgan fingerprint density at radius 2 is 2.40 bits per heavy atom. The fourth-order valence-corrected chi connectivity index (χ4v) is 0.920. The summed E-state index contributed by atoms with van der Waals surface area (Å²) in [7, 11) is 0. The van der Waals surface area contributed by atoms with E-state index < -0.39 is 0 Å². The second kappa shape index (κ2) is 3.12. The molecule has 1 aromatic heterocycles. The minimum absolute atomic E-state index is 0.0567. The van der Waals surface area contributed by atoms with Gasteiger partial charge in [-0.15, -0.1) is 0 Å². The highest BCUT2D eigenvalue weighted by atomic mass is 79.9. The molecule has 0 aliphatic carbocycles. The number of pyridine rings is 1. The van der Waals surface area contributed by atoms with Crippen LogP contribution in [0.25, 0.3) is 0 Å². The van der Waals surface area contributed by atoms with Crippen LogP contribution >= 0.6 is 15.9 Å². The molecule has 1 heterocycles. The zero-order valence-corrected chi connectivity index (χ0v) is 7.22. The lowest BCUT2D eigenvalue weighted by molar-refractivity contribution is 0.281. The van der Waals surface area contributed by atoms with E-state index in [4.69, 9.17) is 5.11 Å². The van der Waals surface area contributed by atoms with E-state index in [-0.39, 0.29) is 6.61 Å². The molecule has 0 spiro atoms. The van der Waals surface area contributed by atoms with Crippen molar-refractivity contribution in [3.63, 3.8) is 0 Å². The molecule has 0 aromatic carbocycles. The summed E-state index contributed by atoms with van der Waals surface area (Å²) in [6.07, 6.45) is 1.65. The van der Waals surface area contributed by atoms with Gasteiger partial charge in [0.1, 0.15) is 4.60 Å². The van der Waals surface area contributed by atoms with Crippen molar-refractivity contribution in [3.05, 3.63) is 28.0 Å². The predicted molar refractivity (Wildman–Crippen MR) is 42.6 cm³/mol. The lowest BCUT2D eigenvalue weighted by Gasteiger charge is -1.98. The van der Waals surface area contributed by atoms with E-state index in [1.807, 2.05) is 13.0 Å². The molecule has 1 N–H and O–H groups in total. The fourth-order valence-electron chi connectivity index (χ4n) is 0.703. The van der Waals surface area contributed by atoms with Crippen molar-refractivity contribution in [2.75, 3.05) is 0 Å². The van der Waals surface area contributed by atoms with Crippen molar-refractivity contribution in [2.45, 2.75) is 13.5 Å². The zero-order chi connectivity index (χ0) is 7.56. The normalized spacial score (nSPS) is 9.90. The Bertz CT molecular complexity index is 237. The maximum absolute atomic E-state index is 8.70. The van der Waals surface area contributed by atoms with E-state index in [2.05, 4.69) is 20.9 Å². The Kier molecular flexibility index (Phi) is 2.40. The first-order chi connectivity index (χ1) is 4.74. The van der Waals surface area contributed by atoms with Gasteiger partial charge in [-0.05, 0) is 40.0 Å². The molecule has 0 atom stereocenters. The largest absolute Gasteiger partial charge is 0.392 e. The molecule has 0 aliphatic heterocycles. The lowest BCUT2D eigenvalue weighted by atomic mass is 10.2. The fraction of sp³-hybridized carbons (Fsp3) is 0.286. The van der Waals surface area contributed by atoms with Crippen molar-refractivity contribution in [2.24, 2.45) is 0 Å². The molecule has 1 aromatic rings. The standard InChI is InChI=1S/C7H8BrNO/c1-5-2-6(4-10)3-9-7(5)8/h2-3,10H,4H2,1H3. The Morgan fingerprint density at radius 3 is 2.90 bits per heavy atom. The molecule has 0 amide bonds. The third kappa shape index (κ3) is 1.55. The van der Waals surface area contributed by atoms with Crippen LogP contribution in [-0.4, -0.2) is 10.1 Å². The van der Waals surface area contributed by atoms with Gasteiger partial charge in [-0.25, -0.2) is 4.98 Å². The summed E-state index contributed by atoms with van der Waals surface area (Å²) in [4.78, 5) is 4.01. The first kappa shape index (κ1) is 7.69. The van der Waals surface area contributed by atoms with E-state index in [9.17, 15) is 0 Å². The third-order valence-corrected chi connectivity index (χ3v) is 2.08. The summed E-state index contributed by atoms with van der Waals surface area (Å²) >= 11 is 3.27. The van der Waals surface area contributed by atoms with Gasteiger partial charge in [-0.3, -0.25) is 0 Å². The van der Waals surface area contributed by atoms with Gasteiger partial charge in [-0.2, -0.15) is 0 Å². The third-order valence-electron chi connectivity index (χ3n) is 1.25. The minimum atomic E-state index is 0.0567. The Labute approximate surface area is 68.0 Å². The topological polar surface area (TPSA) is 33.1 Å². The van der Waals surface area contributed by atoms with Gasteiger partial charge in [0.25, 0.3) is 0 Å². The maximum Gasteiger partial charge on any atom is 0.108 e. The number of hydrogen-bond donors (Lipinski definition) is 1. The van der Waals surface area contributed by atoms with Gasteiger partial charge < -0.3 is 5.11 Å². The monoisotopic (exact) mass is 201 g/mol. The average molecular weight is 202 g/mol. The summed E-state index contributed by atoms with van der Waals surface area (Å²) in [5.41, 5.74) is 1.90. The van der Waals surface area contributed by atoms with Crippen molar-refractivity contribution in [3.8, 4) is 0 Å². The molecule has 0 aliphatic rings. The average Bonchev–Trinajstić information content (AvgIpc) is 1.95. The highest BCUT2D eigenvalue weighted by Gasteiger charge is 1.95. The summed E-state index contributed by atoms with van der Waals surface area (Å²) in [6, 6.07) is 1.90. The first-order valence-electron chi connectivity index (χ1n) is 2.96. The van der Waals surface area contributed by atoms with Crippen molar-refractivity contribution in [1.82, 2.24) is 4.98 Å². The van der Waals surface area contributed by atoms with Crippen LogP contribution in [0.4, 0.5) is 0 Å². The number of nitrogens with zero attached hydrogens (tertiary/aromatic N) is 1. The first-order valence-corrected chi connectivity index (χ1v) is 3.75. The van der Waals surface area contributed by atoms with E-state index in [1.165, 1.54) is 0 Å². The SMILES string of the molecule is Cc1cc(CO)cnc1Br. The van der Waals surface area contributed by atoms with Crippen molar-refractivity contribution in [1.29, 1.82) is 0 Å².